The predicted octanol–water partition coefficient (Wildman–Crippen LogP) is 4.81. The molecule has 6 heteroatoms. The molecule has 0 bridgehead atoms. The highest BCUT2D eigenvalue weighted by molar-refractivity contribution is 7.17. The van der Waals surface area contributed by atoms with Crippen LogP contribution >= 0.6 is 11.3 Å². The lowest BCUT2D eigenvalue weighted by Crippen LogP contribution is -2.39. The molecule has 0 aliphatic carbocycles. The van der Waals surface area contributed by atoms with Crippen molar-refractivity contribution in [3.05, 3.63) is 54.2 Å². The lowest BCUT2D eigenvalue weighted by molar-refractivity contribution is -0.141. The molecule has 1 unspecified atom stereocenters. The fourth-order valence-corrected chi connectivity index (χ4v) is 4.85. The average molecular weight is 389 g/mol. The maximum absolute atomic E-state index is 11.5. The fourth-order valence-electron chi connectivity index (χ4n) is 4.08. The number of nitrogens with zero attached hydrogens (tertiary/aromatic N) is 3. The van der Waals surface area contributed by atoms with Crippen LogP contribution in [0.3, 0.4) is 0 Å². The van der Waals surface area contributed by atoms with E-state index in [0.29, 0.717) is 6.54 Å². The van der Waals surface area contributed by atoms with Gasteiger partial charge in [-0.15, -0.1) is 11.3 Å². The van der Waals surface area contributed by atoms with Crippen LogP contribution in [0.5, 0.6) is 0 Å². The van der Waals surface area contributed by atoms with E-state index in [2.05, 4.69) is 50.6 Å². The van der Waals surface area contributed by atoms with Crippen LogP contribution in [-0.4, -0.2) is 34.1 Å². The Labute approximate surface area is 166 Å². The van der Waals surface area contributed by atoms with Crippen molar-refractivity contribution in [3.63, 3.8) is 0 Å². The predicted molar refractivity (Wildman–Crippen MR) is 113 cm³/mol. The minimum absolute atomic E-state index is 0.354. The summed E-state index contributed by atoms with van der Waals surface area (Å²) in [5.41, 5.74) is 3.09. The van der Waals surface area contributed by atoms with Gasteiger partial charge >= 0.3 is 5.97 Å². The molecule has 2 aromatic carbocycles. The minimum atomic E-state index is -0.730. The third-order valence-electron chi connectivity index (χ3n) is 5.48. The standard InChI is InChI=1S/C22H19N3O2S/c26-22(27)16-3-2-9-25(12-16)21-20-17(4-1-5-18(20)23-13-24-21)14-6-7-19-15(11-14)8-10-28-19/h1,4-8,10-11,13,16H,2-3,9,12H2,(H,26,27). The highest BCUT2D eigenvalue weighted by Crippen LogP contribution is 2.36. The Bertz CT molecular complexity index is 1180. The van der Waals surface area contributed by atoms with Crippen LogP contribution in [0.2, 0.25) is 0 Å². The van der Waals surface area contributed by atoms with Crippen LogP contribution in [0, 0.1) is 5.92 Å². The lowest BCUT2D eigenvalue weighted by atomic mass is 9.96. The molecule has 0 saturated carbocycles. The van der Waals surface area contributed by atoms with E-state index >= 15 is 0 Å². The van der Waals surface area contributed by atoms with Gasteiger partial charge in [0.1, 0.15) is 12.1 Å². The molecular formula is C22H19N3O2S. The largest absolute Gasteiger partial charge is 0.481 e. The fraction of sp³-hybridized carbons (Fsp3) is 0.227. The third-order valence-corrected chi connectivity index (χ3v) is 6.37. The molecule has 1 saturated heterocycles. The van der Waals surface area contributed by atoms with Gasteiger partial charge in [0.25, 0.3) is 0 Å². The zero-order valence-electron chi connectivity index (χ0n) is 15.2. The topological polar surface area (TPSA) is 66.3 Å². The van der Waals surface area contributed by atoms with E-state index in [1.54, 1.807) is 17.7 Å². The van der Waals surface area contributed by atoms with Crippen LogP contribution < -0.4 is 4.90 Å². The first-order chi connectivity index (χ1) is 13.7. The summed E-state index contributed by atoms with van der Waals surface area (Å²) in [5, 5.41) is 13.8. The second-order valence-corrected chi connectivity index (χ2v) is 8.14. The molecule has 4 aromatic rings. The first kappa shape index (κ1) is 17.1. The molecule has 0 radical (unpaired) electrons. The van der Waals surface area contributed by atoms with Crippen LogP contribution in [0.25, 0.3) is 32.1 Å². The minimum Gasteiger partial charge on any atom is -0.481 e. The van der Waals surface area contributed by atoms with E-state index < -0.39 is 5.97 Å². The molecule has 0 spiro atoms. The van der Waals surface area contributed by atoms with Crippen molar-refractivity contribution in [2.75, 3.05) is 18.0 Å². The van der Waals surface area contributed by atoms with Crippen molar-refractivity contribution in [3.8, 4) is 11.1 Å². The number of carboxylic acid groups (broad SMARTS) is 1. The van der Waals surface area contributed by atoms with Gasteiger partial charge in [-0.3, -0.25) is 4.79 Å². The normalized spacial score (nSPS) is 17.3. The molecule has 140 valence electrons. The number of anilines is 1. The van der Waals surface area contributed by atoms with Gasteiger partial charge in [0.2, 0.25) is 0 Å². The van der Waals surface area contributed by atoms with Gasteiger partial charge in [-0.25, -0.2) is 9.97 Å². The highest BCUT2D eigenvalue weighted by Gasteiger charge is 2.27. The number of thiophene rings is 1. The van der Waals surface area contributed by atoms with Crippen molar-refractivity contribution in [1.82, 2.24) is 9.97 Å². The van der Waals surface area contributed by atoms with Gasteiger partial charge < -0.3 is 10.0 Å². The summed E-state index contributed by atoms with van der Waals surface area (Å²) < 4.78 is 1.26. The Kier molecular flexibility index (Phi) is 4.20. The van der Waals surface area contributed by atoms with Crippen molar-refractivity contribution in [2.24, 2.45) is 5.92 Å². The number of hydrogen-bond donors (Lipinski definition) is 1. The monoisotopic (exact) mass is 389 g/mol. The SMILES string of the molecule is O=C(O)C1CCCN(c2ncnc3cccc(-c4ccc5sccc5c4)c23)C1. The summed E-state index contributed by atoms with van der Waals surface area (Å²) in [6.45, 7) is 1.30. The molecular weight excluding hydrogens is 370 g/mol. The first-order valence-electron chi connectivity index (χ1n) is 9.40. The first-order valence-corrected chi connectivity index (χ1v) is 10.3. The maximum atomic E-state index is 11.5. The van der Waals surface area contributed by atoms with Gasteiger partial charge in [-0.05, 0) is 59.0 Å². The molecule has 1 atom stereocenters. The number of fused-ring (bicyclic) bond motifs is 2. The molecule has 5 rings (SSSR count). The van der Waals surface area contributed by atoms with E-state index in [-0.39, 0.29) is 5.92 Å². The van der Waals surface area contributed by atoms with Gasteiger partial charge in [0.15, 0.2) is 0 Å². The Morgan fingerprint density at radius 3 is 3.00 bits per heavy atom. The molecule has 1 aliphatic heterocycles. The summed E-state index contributed by atoms with van der Waals surface area (Å²) >= 11 is 1.74. The van der Waals surface area contributed by atoms with Crippen LogP contribution in [0.1, 0.15) is 12.8 Å². The summed E-state index contributed by atoms with van der Waals surface area (Å²) in [6, 6.07) is 14.7. The van der Waals surface area contributed by atoms with E-state index in [0.717, 1.165) is 47.2 Å². The summed E-state index contributed by atoms with van der Waals surface area (Å²) in [4.78, 5) is 22.7. The Morgan fingerprint density at radius 1 is 1.18 bits per heavy atom. The van der Waals surface area contributed by atoms with Crippen molar-refractivity contribution >= 4 is 44.1 Å². The van der Waals surface area contributed by atoms with Gasteiger partial charge in [-0.1, -0.05) is 18.2 Å². The molecule has 2 aromatic heterocycles. The van der Waals surface area contributed by atoms with Crippen molar-refractivity contribution in [2.45, 2.75) is 12.8 Å². The van der Waals surface area contributed by atoms with Crippen molar-refractivity contribution < 1.29 is 9.90 Å². The molecule has 5 nitrogen and oxygen atoms in total. The number of carbonyl (C=O) groups is 1. The number of aromatic nitrogens is 2. The second kappa shape index (κ2) is 6.87. The number of aliphatic carboxylic acids is 1. The highest BCUT2D eigenvalue weighted by atomic mass is 32.1. The van der Waals surface area contributed by atoms with E-state index in [1.165, 1.54) is 10.1 Å². The Balaban J connectivity index is 1.67. The van der Waals surface area contributed by atoms with Crippen LogP contribution in [0.4, 0.5) is 5.82 Å². The Hall–Kier alpha value is -2.99. The number of benzene rings is 2. The summed E-state index contributed by atoms with van der Waals surface area (Å²) in [7, 11) is 0. The molecule has 28 heavy (non-hydrogen) atoms. The zero-order chi connectivity index (χ0) is 19.1. The van der Waals surface area contributed by atoms with Gasteiger partial charge in [-0.2, -0.15) is 0 Å². The molecule has 3 heterocycles. The van der Waals surface area contributed by atoms with E-state index in [4.69, 9.17) is 0 Å². The Morgan fingerprint density at radius 2 is 2.11 bits per heavy atom. The second-order valence-electron chi connectivity index (χ2n) is 7.19. The van der Waals surface area contributed by atoms with E-state index in [9.17, 15) is 9.90 Å². The number of hydrogen-bond acceptors (Lipinski definition) is 5. The molecule has 1 aliphatic rings. The van der Waals surface area contributed by atoms with Crippen molar-refractivity contribution in [1.29, 1.82) is 0 Å². The molecule has 1 N–H and O–H groups in total. The third kappa shape index (κ3) is 2.90. The average Bonchev–Trinajstić information content (AvgIpc) is 3.21. The maximum Gasteiger partial charge on any atom is 0.308 e. The number of carboxylic acids is 1. The van der Waals surface area contributed by atoms with Gasteiger partial charge in [0, 0.05) is 17.8 Å². The smallest absolute Gasteiger partial charge is 0.308 e. The molecule has 0 amide bonds. The quantitative estimate of drug-likeness (QED) is 0.544. The number of rotatable bonds is 3. The molecule has 1 fully saturated rings. The lowest BCUT2D eigenvalue weighted by Gasteiger charge is -2.32. The zero-order valence-corrected chi connectivity index (χ0v) is 16.0. The number of piperidine rings is 1. The summed E-state index contributed by atoms with van der Waals surface area (Å²) in [6.07, 6.45) is 3.15. The van der Waals surface area contributed by atoms with Crippen LogP contribution in [-0.2, 0) is 4.79 Å². The van der Waals surface area contributed by atoms with Gasteiger partial charge in [0.05, 0.1) is 16.8 Å². The summed E-state index contributed by atoms with van der Waals surface area (Å²) in [5.74, 6) is -0.253. The van der Waals surface area contributed by atoms with E-state index in [1.807, 2.05) is 12.1 Å². The van der Waals surface area contributed by atoms with Crippen LogP contribution in [0.15, 0.2) is 54.2 Å².